The first-order chi connectivity index (χ1) is 19.9. The van der Waals surface area contributed by atoms with Crippen molar-refractivity contribution in [2.75, 3.05) is 13.1 Å². The lowest BCUT2D eigenvalue weighted by molar-refractivity contribution is -0.156. The van der Waals surface area contributed by atoms with Gasteiger partial charge in [-0.3, -0.25) is 19.2 Å². The Bertz CT molecular complexity index is 1110. The largest absolute Gasteiger partial charge is 0.480 e. The fraction of sp³-hybridized carbons (Fsp3) is 0.586. The molecule has 0 aliphatic heterocycles. The molecule has 14 heteroatoms. The molecule has 0 saturated carbocycles. The maximum atomic E-state index is 13.1. The number of carbonyl (C=O) groups excluding carboxylic acids is 5. The first-order valence-corrected chi connectivity index (χ1v) is 13.9. The average Bonchev–Trinajstić information content (AvgIpc) is 2.87. The van der Waals surface area contributed by atoms with Gasteiger partial charge >= 0.3 is 18.0 Å². The van der Waals surface area contributed by atoms with Gasteiger partial charge in [0.15, 0.2) is 0 Å². The zero-order chi connectivity index (χ0) is 32.8. The SMILES string of the molecule is CC(C)(C)OC(=O)C[C@H](NC(=O)CNC(=O)[C@@H](N)CCCNC(=O)OC(C)(C)C)C(=O)N[C@@H](Cc1ccccc1)C(=O)O. The van der Waals surface area contributed by atoms with Crippen LogP contribution in [0.4, 0.5) is 4.79 Å². The fourth-order valence-electron chi connectivity index (χ4n) is 3.58. The van der Waals surface area contributed by atoms with E-state index in [1.54, 1.807) is 71.9 Å². The van der Waals surface area contributed by atoms with Gasteiger partial charge in [-0.05, 0) is 59.9 Å². The number of rotatable bonds is 15. The van der Waals surface area contributed by atoms with E-state index in [0.717, 1.165) is 0 Å². The zero-order valence-electron chi connectivity index (χ0n) is 25.7. The van der Waals surface area contributed by atoms with Crippen LogP contribution in [0.3, 0.4) is 0 Å². The molecule has 0 unspecified atom stereocenters. The van der Waals surface area contributed by atoms with Crippen LogP contribution in [0.5, 0.6) is 0 Å². The van der Waals surface area contributed by atoms with Gasteiger partial charge in [-0.15, -0.1) is 0 Å². The third-order valence-corrected chi connectivity index (χ3v) is 5.46. The molecule has 0 saturated heterocycles. The molecule has 0 aliphatic rings. The number of esters is 1. The Morgan fingerprint density at radius 2 is 1.44 bits per heavy atom. The Balaban J connectivity index is 2.74. The van der Waals surface area contributed by atoms with E-state index in [-0.39, 0.29) is 19.4 Å². The van der Waals surface area contributed by atoms with E-state index in [1.165, 1.54) is 0 Å². The van der Waals surface area contributed by atoms with E-state index >= 15 is 0 Å². The molecular weight excluding hydrogens is 562 g/mol. The summed E-state index contributed by atoms with van der Waals surface area (Å²) in [4.78, 5) is 74.0. The highest BCUT2D eigenvalue weighted by Crippen LogP contribution is 2.11. The molecule has 3 atom stereocenters. The van der Waals surface area contributed by atoms with Crippen molar-refractivity contribution >= 4 is 35.8 Å². The number of hydrogen-bond donors (Lipinski definition) is 6. The number of carboxylic acid groups (broad SMARTS) is 1. The number of amides is 4. The molecule has 4 amide bonds. The number of carboxylic acids is 1. The minimum atomic E-state index is -1.48. The summed E-state index contributed by atoms with van der Waals surface area (Å²) in [5, 5.41) is 19.3. The van der Waals surface area contributed by atoms with Gasteiger partial charge in [-0.2, -0.15) is 0 Å². The minimum Gasteiger partial charge on any atom is -0.480 e. The van der Waals surface area contributed by atoms with Crippen molar-refractivity contribution in [1.82, 2.24) is 21.3 Å². The molecule has 43 heavy (non-hydrogen) atoms. The predicted molar refractivity (Wildman–Crippen MR) is 157 cm³/mol. The van der Waals surface area contributed by atoms with Crippen LogP contribution in [0, 0.1) is 0 Å². The Labute approximate surface area is 251 Å². The van der Waals surface area contributed by atoms with Crippen LogP contribution in [-0.4, -0.2) is 83.3 Å². The molecule has 1 rings (SSSR count). The summed E-state index contributed by atoms with van der Waals surface area (Å²) < 4.78 is 10.4. The van der Waals surface area contributed by atoms with Crippen LogP contribution in [0.25, 0.3) is 0 Å². The summed E-state index contributed by atoms with van der Waals surface area (Å²) in [5.41, 5.74) is 5.01. The van der Waals surface area contributed by atoms with Crippen molar-refractivity contribution in [3.63, 3.8) is 0 Å². The number of alkyl carbamates (subject to hydrolysis) is 1. The third-order valence-electron chi connectivity index (χ3n) is 5.46. The zero-order valence-corrected chi connectivity index (χ0v) is 25.7. The summed E-state index contributed by atoms with van der Waals surface area (Å²) in [6, 6.07) is 4.81. The standard InChI is InChI=1S/C29H45N5O9/c1-28(2,3)42-23(36)16-20(25(38)34-21(26(39)40)15-18-11-8-7-9-12-18)33-22(35)17-32-24(37)19(30)13-10-14-31-27(41)43-29(4,5)6/h7-9,11-12,19-21H,10,13-17,30H2,1-6H3,(H,31,41)(H,32,37)(H,33,35)(H,34,38)(H,39,40)/t19-,20-,21-/m0/s1. The molecule has 1 aromatic rings. The van der Waals surface area contributed by atoms with Crippen molar-refractivity contribution < 1.29 is 43.3 Å². The average molecular weight is 608 g/mol. The van der Waals surface area contributed by atoms with E-state index in [2.05, 4.69) is 21.3 Å². The van der Waals surface area contributed by atoms with Crippen molar-refractivity contribution in [2.24, 2.45) is 5.73 Å². The van der Waals surface area contributed by atoms with E-state index < -0.39 is 78.0 Å². The molecule has 1 aromatic carbocycles. The Morgan fingerprint density at radius 1 is 0.837 bits per heavy atom. The molecule has 0 aliphatic carbocycles. The summed E-state index contributed by atoms with van der Waals surface area (Å²) in [5.74, 6) is -4.47. The molecule has 0 spiro atoms. The second-order valence-electron chi connectivity index (χ2n) is 11.9. The molecule has 240 valence electrons. The van der Waals surface area contributed by atoms with Gasteiger partial charge in [0.1, 0.15) is 23.3 Å². The molecule has 7 N–H and O–H groups in total. The number of nitrogens with one attached hydrogen (secondary N) is 4. The monoisotopic (exact) mass is 607 g/mol. The first-order valence-electron chi connectivity index (χ1n) is 13.9. The normalized spacial score (nSPS) is 13.5. The fourth-order valence-corrected chi connectivity index (χ4v) is 3.58. The Hall–Kier alpha value is -4.20. The third kappa shape index (κ3) is 16.7. The van der Waals surface area contributed by atoms with Gasteiger partial charge in [-0.1, -0.05) is 30.3 Å². The molecule has 14 nitrogen and oxygen atoms in total. The van der Waals surface area contributed by atoms with Crippen LogP contribution < -0.4 is 27.0 Å². The van der Waals surface area contributed by atoms with Crippen molar-refractivity contribution in [2.45, 2.75) is 96.6 Å². The van der Waals surface area contributed by atoms with Gasteiger partial charge < -0.3 is 41.6 Å². The summed E-state index contributed by atoms with van der Waals surface area (Å²) in [6.45, 7) is 9.74. The van der Waals surface area contributed by atoms with Crippen molar-refractivity contribution in [3.05, 3.63) is 35.9 Å². The second kappa shape index (κ2) is 17.0. The molecular formula is C29H45N5O9. The number of carbonyl (C=O) groups is 6. The Morgan fingerprint density at radius 3 is 2.00 bits per heavy atom. The highest BCUT2D eigenvalue weighted by molar-refractivity contribution is 5.94. The van der Waals surface area contributed by atoms with Gasteiger partial charge in [0.05, 0.1) is 19.0 Å². The van der Waals surface area contributed by atoms with Gasteiger partial charge in [0, 0.05) is 13.0 Å². The first kappa shape index (κ1) is 36.8. The number of aliphatic carboxylic acids is 1. The molecule has 0 fully saturated rings. The maximum Gasteiger partial charge on any atom is 0.407 e. The van der Waals surface area contributed by atoms with Crippen LogP contribution in [-0.2, 0) is 39.9 Å². The van der Waals surface area contributed by atoms with Gasteiger partial charge in [0.2, 0.25) is 17.7 Å². The van der Waals surface area contributed by atoms with E-state index in [4.69, 9.17) is 15.2 Å². The Kier molecular flexibility index (Phi) is 14.6. The van der Waals surface area contributed by atoms with Gasteiger partial charge in [0.25, 0.3) is 0 Å². The van der Waals surface area contributed by atoms with Crippen LogP contribution in [0.15, 0.2) is 30.3 Å². The smallest absolute Gasteiger partial charge is 0.407 e. The number of benzene rings is 1. The highest BCUT2D eigenvalue weighted by Gasteiger charge is 2.30. The number of ether oxygens (including phenoxy) is 2. The maximum absolute atomic E-state index is 13.1. The lowest BCUT2D eigenvalue weighted by Crippen LogP contribution is -2.55. The molecule has 0 bridgehead atoms. The molecule has 0 radical (unpaired) electrons. The van der Waals surface area contributed by atoms with Crippen LogP contribution in [0.1, 0.15) is 66.4 Å². The van der Waals surface area contributed by atoms with Crippen LogP contribution >= 0.6 is 0 Å². The van der Waals surface area contributed by atoms with E-state index in [9.17, 15) is 33.9 Å². The van der Waals surface area contributed by atoms with Crippen molar-refractivity contribution in [1.29, 1.82) is 0 Å². The second-order valence-corrected chi connectivity index (χ2v) is 11.9. The summed E-state index contributed by atoms with van der Waals surface area (Å²) in [7, 11) is 0. The van der Waals surface area contributed by atoms with Crippen molar-refractivity contribution in [3.8, 4) is 0 Å². The topological polar surface area (TPSA) is 215 Å². The molecule has 0 heterocycles. The van der Waals surface area contributed by atoms with E-state index in [1.807, 2.05) is 0 Å². The predicted octanol–water partition coefficient (Wildman–Crippen LogP) is 0.764. The summed E-state index contributed by atoms with van der Waals surface area (Å²) in [6.07, 6.45) is -0.639. The minimum absolute atomic E-state index is 0.0315. The number of hydrogen-bond acceptors (Lipinski definition) is 9. The lowest BCUT2D eigenvalue weighted by Gasteiger charge is -2.24. The van der Waals surface area contributed by atoms with Crippen LogP contribution in [0.2, 0.25) is 0 Å². The number of nitrogens with two attached hydrogens (primary N) is 1. The molecule has 0 aromatic heterocycles. The van der Waals surface area contributed by atoms with Gasteiger partial charge in [-0.25, -0.2) is 9.59 Å². The highest BCUT2D eigenvalue weighted by atomic mass is 16.6. The van der Waals surface area contributed by atoms with E-state index in [0.29, 0.717) is 12.0 Å². The lowest BCUT2D eigenvalue weighted by atomic mass is 10.0. The quantitative estimate of drug-likeness (QED) is 0.122. The summed E-state index contributed by atoms with van der Waals surface area (Å²) >= 11 is 0.